The first-order chi connectivity index (χ1) is 6.46. The number of likely N-dealkylation sites (N-methyl/N-ethyl adjacent to an activating group) is 1. The fraction of sp³-hybridized carbons (Fsp3) is 0.800. The number of hydrogen-bond donors (Lipinski definition) is 1. The second-order valence-corrected chi connectivity index (χ2v) is 6.27. The van der Waals surface area contributed by atoms with E-state index in [4.69, 9.17) is 0 Å². The minimum atomic E-state index is -2.77. The minimum Gasteiger partial charge on any atom is -0.310 e. The SMILES string of the molecule is C=C(C)C(NCC)C1CCS(=O)(=O)C1. The molecule has 1 fully saturated rings. The Morgan fingerprint density at radius 3 is 2.64 bits per heavy atom. The van der Waals surface area contributed by atoms with E-state index in [0.29, 0.717) is 11.5 Å². The zero-order chi connectivity index (χ0) is 10.8. The van der Waals surface area contributed by atoms with Crippen molar-refractivity contribution in [3.05, 3.63) is 12.2 Å². The Morgan fingerprint density at radius 1 is 1.64 bits per heavy atom. The first-order valence-corrected chi connectivity index (χ1v) is 6.87. The lowest BCUT2D eigenvalue weighted by Crippen LogP contribution is -2.37. The normalized spacial score (nSPS) is 27.4. The first-order valence-electron chi connectivity index (χ1n) is 5.05. The van der Waals surface area contributed by atoms with Crippen LogP contribution in [0.5, 0.6) is 0 Å². The zero-order valence-electron chi connectivity index (χ0n) is 8.91. The molecule has 0 amide bonds. The molecule has 4 heteroatoms. The second kappa shape index (κ2) is 4.45. The van der Waals surface area contributed by atoms with Crippen molar-refractivity contribution in [2.75, 3.05) is 18.1 Å². The average molecular weight is 217 g/mol. The number of nitrogens with one attached hydrogen (secondary N) is 1. The molecule has 82 valence electrons. The summed E-state index contributed by atoms with van der Waals surface area (Å²) in [6, 6.07) is 0.164. The fourth-order valence-electron chi connectivity index (χ4n) is 2.05. The Kier molecular flexibility index (Phi) is 3.72. The van der Waals surface area contributed by atoms with E-state index in [1.165, 1.54) is 0 Å². The molecule has 1 rings (SSSR count). The standard InChI is InChI=1S/C10H19NO2S/c1-4-11-10(8(2)3)9-5-6-14(12,13)7-9/h9-11H,2,4-7H2,1,3H3. The maximum absolute atomic E-state index is 11.3. The van der Waals surface area contributed by atoms with Gasteiger partial charge in [0.1, 0.15) is 0 Å². The lowest BCUT2D eigenvalue weighted by Gasteiger charge is -2.23. The van der Waals surface area contributed by atoms with Crippen LogP contribution in [0.4, 0.5) is 0 Å². The van der Waals surface area contributed by atoms with E-state index in [2.05, 4.69) is 11.9 Å². The molecule has 1 heterocycles. The van der Waals surface area contributed by atoms with E-state index in [1.807, 2.05) is 13.8 Å². The van der Waals surface area contributed by atoms with Gasteiger partial charge in [0.15, 0.2) is 9.84 Å². The molecule has 1 N–H and O–H groups in total. The topological polar surface area (TPSA) is 46.2 Å². The van der Waals surface area contributed by atoms with Gasteiger partial charge in [-0.15, -0.1) is 0 Å². The largest absolute Gasteiger partial charge is 0.310 e. The Balaban J connectivity index is 2.67. The van der Waals surface area contributed by atoms with Crippen molar-refractivity contribution in [2.45, 2.75) is 26.3 Å². The third kappa shape index (κ3) is 2.82. The maximum Gasteiger partial charge on any atom is 0.150 e. The second-order valence-electron chi connectivity index (χ2n) is 4.04. The smallest absolute Gasteiger partial charge is 0.150 e. The van der Waals surface area contributed by atoms with Crippen molar-refractivity contribution in [3.63, 3.8) is 0 Å². The van der Waals surface area contributed by atoms with Gasteiger partial charge in [0.2, 0.25) is 0 Å². The van der Waals surface area contributed by atoms with E-state index < -0.39 is 9.84 Å². The van der Waals surface area contributed by atoms with Gasteiger partial charge < -0.3 is 5.32 Å². The van der Waals surface area contributed by atoms with Crippen LogP contribution in [0.3, 0.4) is 0 Å². The van der Waals surface area contributed by atoms with Gasteiger partial charge in [-0.3, -0.25) is 0 Å². The van der Waals surface area contributed by atoms with Crippen LogP contribution in [0.25, 0.3) is 0 Å². The zero-order valence-corrected chi connectivity index (χ0v) is 9.73. The molecule has 0 aromatic carbocycles. The molecule has 0 spiro atoms. The monoisotopic (exact) mass is 217 g/mol. The molecule has 0 aromatic rings. The fourth-order valence-corrected chi connectivity index (χ4v) is 3.89. The summed E-state index contributed by atoms with van der Waals surface area (Å²) in [5.41, 5.74) is 1.04. The van der Waals surface area contributed by atoms with Crippen LogP contribution in [0.2, 0.25) is 0 Å². The summed E-state index contributed by atoms with van der Waals surface area (Å²) in [7, 11) is -2.77. The predicted octanol–water partition coefficient (Wildman–Crippen LogP) is 0.975. The van der Waals surface area contributed by atoms with Gasteiger partial charge in [0.05, 0.1) is 11.5 Å². The minimum absolute atomic E-state index is 0.164. The Morgan fingerprint density at radius 2 is 2.29 bits per heavy atom. The molecule has 0 bridgehead atoms. The van der Waals surface area contributed by atoms with Gasteiger partial charge in [0, 0.05) is 6.04 Å². The summed E-state index contributed by atoms with van der Waals surface area (Å²) in [5.74, 6) is 0.877. The van der Waals surface area contributed by atoms with Crippen LogP contribution >= 0.6 is 0 Å². The van der Waals surface area contributed by atoms with Crippen LogP contribution < -0.4 is 5.32 Å². The van der Waals surface area contributed by atoms with Gasteiger partial charge in [-0.05, 0) is 25.8 Å². The molecule has 2 atom stereocenters. The van der Waals surface area contributed by atoms with Crippen LogP contribution in [-0.4, -0.2) is 32.5 Å². The van der Waals surface area contributed by atoms with Crippen molar-refractivity contribution in [2.24, 2.45) is 5.92 Å². The molecule has 0 saturated carbocycles. The molecular formula is C10H19NO2S. The highest BCUT2D eigenvalue weighted by Gasteiger charge is 2.33. The van der Waals surface area contributed by atoms with E-state index >= 15 is 0 Å². The summed E-state index contributed by atoms with van der Waals surface area (Å²) in [6.07, 6.45) is 0.771. The maximum atomic E-state index is 11.3. The molecule has 1 aliphatic rings. The van der Waals surface area contributed by atoms with Crippen molar-refractivity contribution < 1.29 is 8.42 Å². The van der Waals surface area contributed by atoms with Gasteiger partial charge in [0.25, 0.3) is 0 Å². The number of rotatable bonds is 4. The Hall–Kier alpha value is -0.350. The molecule has 0 aliphatic carbocycles. The van der Waals surface area contributed by atoms with Gasteiger partial charge in [-0.25, -0.2) is 8.42 Å². The molecule has 1 aliphatic heterocycles. The molecule has 0 radical (unpaired) electrons. The summed E-state index contributed by atoms with van der Waals surface area (Å²) in [5, 5.41) is 3.30. The van der Waals surface area contributed by atoms with Crippen LogP contribution in [0.1, 0.15) is 20.3 Å². The molecule has 3 nitrogen and oxygen atoms in total. The van der Waals surface area contributed by atoms with Gasteiger partial charge in [-0.1, -0.05) is 19.1 Å². The molecular weight excluding hydrogens is 198 g/mol. The third-order valence-corrected chi connectivity index (χ3v) is 4.49. The van der Waals surface area contributed by atoms with Crippen LogP contribution in [0, 0.1) is 5.92 Å². The summed E-state index contributed by atoms with van der Waals surface area (Å²) in [6.45, 7) is 8.75. The van der Waals surface area contributed by atoms with Crippen molar-refractivity contribution in [1.82, 2.24) is 5.32 Å². The van der Waals surface area contributed by atoms with Crippen molar-refractivity contribution >= 4 is 9.84 Å². The van der Waals surface area contributed by atoms with Crippen LogP contribution in [-0.2, 0) is 9.84 Å². The van der Waals surface area contributed by atoms with E-state index in [1.54, 1.807) is 0 Å². The highest BCUT2D eigenvalue weighted by molar-refractivity contribution is 7.91. The number of sulfone groups is 1. The van der Waals surface area contributed by atoms with Gasteiger partial charge >= 0.3 is 0 Å². The number of hydrogen-bond acceptors (Lipinski definition) is 3. The Bertz CT molecular complexity index is 308. The highest BCUT2D eigenvalue weighted by atomic mass is 32.2. The summed E-state index contributed by atoms with van der Waals surface area (Å²) in [4.78, 5) is 0. The van der Waals surface area contributed by atoms with Crippen molar-refractivity contribution in [3.8, 4) is 0 Å². The van der Waals surface area contributed by atoms with Gasteiger partial charge in [-0.2, -0.15) is 0 Å². The third-order valence-electron chi connectivity index (χ3n) is 2.69. The molecule has 2 unspecified atom stereocenters. The summed E-state index contributed by atoms with van der Waals surface area (Å²) < 4.78 is 22.6. The lowest BCUT2D eigenvalue weighted by atomic mass is 9.94. The predicted molar refractivity (Wildman–Crippen MR) is 59.0 cm³/mol. The van der Waals surface area contributed by atoms with Crippen molar-refractivity contribution in [1.29, 1.82) is 0 Å². The first kappa shape index (κ1) is 11.7. The van der Waals surface area contributed by atoms with E-state index in [9.17, 15) is 8.42 Å². The average Bonchev–Trinajstić information content (AvgIpc) is 2.41. The highest BCUT2D eigenvalue weighted by Crippen LogP contribution is 2.24. The molecule has 1 saturated heterocycles. The lowest BCUT2D eigenvalue weighted by molar-refractivity contribution is 0.434. The molecule has 14 heavy (non-hydrogen) atoms. The van der Waals surface area contributed by atoms with Crippen LogP contribution in [0.15, 0.2) is 12.2 Å². The summed E-state index contributed by atoms with van der Waals surface area (Å²) >= 11 is 0. The van der Waals surface area contributed by atoms with E-state index in [-0.39, 0.29) is 12.0 Å². The van der Waals surface area contributed by atoms with E-state index in [0.717, 1.165) is 18.5 Å². The quantitative estimate of drug-likeness (QED) is 0.714. The Labute approximate surface area is 86.5 Å². The molecule has 0 aromatic heterocycles.